The Morgan fingerprint density at radius 3 is 2.28 bits per heavy atom. The Bertz CT molecular complexity index is 492. The topological polar surface area (TPSA) is 24.9 Å². The maximum absolute atomic E-state index is 4.02. The van der Waals surface area contributed by atoms with E-state index in [1.54, 1.807) is 0 Å². The molecule has 0 atom stereocenters. The summed E-state index contributed by atoms with van der Waals surface area (Å²) in [6.07, 6.45) is 3.65. The second kappa shape index (κ2) is 5.63. The van der Waals surface area contributed by atoms with Gasteiger partial charge in [-0.3, -0.25) is 4.98 Å². The molecule has 0 bridgehead atoms. The Balaban J connectivity index is 2.05. The number of rotatable bonds is 4. The quantitative estimate of drug-likeness (QED) is 0.927. The van der Waals surface area contributed by atoms with Gasteiger partial charge in [0.25, 0.3) is 0 Å². The third-order valence-electron chi connectivity index (χ3n) is 3.05. The molecule has 0 aliphatic heterocycles. The van der Waals surface area contributed by atoms with Gasteiger partial charge in [0, 0.05) is 29.0 Å². The monoisotopic (exact) mass is 304 g/mol. The van der Waals surface area contributed by atoms with E-state index in [1.807, 2.05) is 24.5 Å². The van der Waals surface area contributed by atoms with E-state index < -0.39 is 0 Å². The summed E-state index contributed by atoms with van der Waals surface area (Å²) in [5.74, 6) is 0. The van der Waals surface area contributed by atoms with Crippen molar-refractivity contribution in [3.63, 3.8) is 0 Å². The Kier molecular flexibility index (Phi) is 4.15. The van der Waals surface area contributed by atoms with Crippen LogP contribution in [0.1, 0.15) is 25.0 Å². The van der Waals surface area contributed by atoms with E-state index in [2.05, 4.69) is 64.3 Å². The summed E-state index contributed by atoms with van der Waals surface area (Å²) in [6, 6.07) is 12.5. The van der Waals surface area contributed by atoms with E-state index in [4.69, 9.17) is 0 Å². The minimum Gasteiger partial charge on any atom is -0.304 e. The average Bonchev–Trinajstić information content (AvgIpc) is 2.38. The molecular formula is C15H17BrN2. The molecule has 18 heavy (non-hydrogen) atoms. The summed E-state index contributed by atoms with van der Waals surface area (Å²) in [4.78, 5) is 4.02. The zero-order valence-electron chi connectivity index (χ0n) is 10.7. The minimum atomic E-state index is -0.0516. The molecule has 2 nitrogen and oxygen atoms in total. The van der Waals surface area contributed by atoms with Gasteiger partial charge in [-0.1, -0.05) is 28.1 Å². The van der Waals surface area contributed by atoms with Gasteiger partial charge in [-0.25, -0.2) is 0 Å². The summed E-state index contributed by atoms with van der Waals surface area (Å²) < 4.78 is 1.11. The van der Waals surface area contributed by atoms with Gasteiger partial charge < -0.3 is 5.32 Å². The lowest BCUT2D eigenvalue weighted by atomic mass is 9.94. The highest BCUT2D eigenvalue weighted by atomic mass is 79.9. The molecule has 3 heteroatoms. The van der Waals surface area contributed by atoms with Gasteiger partial charge in [-0.2, -0.15) is 0 Å². The van der Waals surface area contributed by atoms with Crippen LogP contribution in [-0.4, -0.2) is 4.98 Å². The Hall–Kier alpha value is -1.19. The predicted octanol–water partition coefficient (Wildman–Crippen LogP) is 3.87. The van der Waals surface area contributed by atoms with Crippen LogP contribution < -0.4 is 5.32 Å². The normalized spacial score (nSPS) is 11.5. The van der Waals surface area contributed by atoms with Crippen LogP contribution in [0.3, 0.4) is 0 Å². The van der Waals surface area contributed by atoms with Gasteiger partial charge in [0.2, 0.25) is 0 Å². The lowest BCUT2D eigenvalue weighted by Crippen LogP contribution is -2.35. The molecule has 0 aliphatic rings. The van der Waals surface area contributed by atoms with Crippen LogP contribution in [0.2, 0.25) is 0 Å². The molecule has 0 amide bonds. The van der Waals surface area contributed by atoms with E-state index in [0.717, 1.165) is 11.0 Å². The standard InChI is InChI=1S/C15H17BrN2/c1-15(2,13-3-5-14(16)6-4-13)18-11-12-7-9-17-10-8-12/h3-10,18H,11H2,1-2H3. The second-order valence-corrected chi connectivity index (χ2v) is 5.76. The smallest absolute Gasteiger partial charge is 0.0380 e. The van der Waals surface area contributed by atoms with Crippen LogP contribution in [0.25, 0.3) is 0 Å². The summed E-state index contributed by atoms with van der Waals surface area (Å²) in [6.45, 7) is 5.22. The molecule has 0 saturated carbocycles. The van der Waals surface area contributed by atoms with Crippen LogP contribution in [0.15, 0.2) is 53.3 Å². The number of hydrogen-bond acceptors (Lipinski definition) is 2. The highest BCUT2D eigenvalue weighted by molar-refractivity contribution is 9.10. The van der Waals surface area contributed by atoms with E-state index in [0.29, 0.717) is 0 Å². The molecule has 94 valence electrons. The number of halogens is 1. The van der Waals surface area contributed by atoms with Gasteiger partial charge in [-0.05, 0) is 49.2 Å². The number of nitrogens with one attached hydrogen (secondary N) is 1. The molecule has 2 aromatic rings. The minimum absolute atomic E-state index is 0.0516. The van der Waals surface area contributed by atoms with Crippen molar-refractivity contribution in [2.45, 2.75) is 25.9 Å². The molecule has 1 aromatic carbocycles. The molecule has 1 heterocycles. The van der Waals surface area contributed by atoms with Crippen LogP contribution in [0.4, 0.5) is 0 Å². The van der Waals surface area contributed by atoms with Crippen molar-refractivity contribution in [1.29, 1.82) is 0 Å². The molecule has 0 fully saturated rings. The highest BCUT2D eigenvalue weighted by Crippen LogP contribution is 2.22. The van der Waals surface area contributed by atoms with Crippen LogP contribution in [-0.2, 0) is 12.1 Å². The molecular weight excluding hydrogens is 288 g/mol. The largest absolute Gasteiger partial charge is 0.304 e. The number of aromatic nitrogens is 1. The molecule has 2 rings (SSSR count). The number of benzene rings is 1. The van der Waals surface area contributed by atoms with Gasteiger partial charge in [0.15, 0.2) is 0 Å². The van der Waals surface area contributed by atoms with Crippen molar-refractivity contribution in [2.75, 3.05) is 0 Å². The summed E-state index contributed by atoms with van der Waals surface area (Å²) in [5.41, 5.74) is 2.47. The van der Waals surface area contributed by atoms with Crippen molar-refractivity contribution in [3.8, 4) is 0 Å². The molecule has 0 saturated heterocycles. The summed E-state index contributed by atoms with van der Waals surface area (Å²) in [5, 5.41) is 3.57. The third-order valence-corrected chi connectivity index (χ3v) is 3.58. The highest BCUT2D eigenvalue weighted by Gasteiger charge is 2.19. The maximum Gasteiger partial charge on any atom is 0.0380 e. The van der Waals surface area contributed by atoms with Crippen molar-refractivity contribution in [3.05, 3.63) is 64.4 Å². The van der Waals surface area contributed by atoms with Crippen LogP contribution >= 0.6 is 15.9 Å². The molecule has 0 radical (unpaired) electrons. The Labute approximate surface area is 117 Å². The zero-order valence-corrected chi connectivity index (χ0v) is 12.2. The van der Waals surface area contributed by atoms with E-state index in [-0.39, 0.29) is 5.54 Å². The Morgan fingerprint density at radius 1 is 1.06 bits per heavy atom. The summed E-state index contributed by atoms with van der Waals surface area (Å²) >= 11 is 3.46. The first-order valence-electron chi connectivity index (χ1n) is 5.98. The van der Waals surface area contributed by atoms with E-state index >= 15 is 0 Å². The van der Waals surface area contributed by atoms with Crippen molar-refractivity contribution in [1.82, 2.24) is 10.3 Å². The molecule has 0 spiro atoms. The predicted molar refractivity (Wildman–Crippen MR) is 78.2 cm³/mol. The van der Waals surface area contributed by atoms with Crippen LogP contribution in [0, 0.1) is 0 Å². The lowest BCUT2D eigenvalue weighted by molar-refractivity contribution is 0.401. The first kappa shape index (κ1) is 13.2. The van der Waals surface area contributed by atoms with Gasteiger partial charge in [0.1, 0.15) is 0 Å². The first-order valence-corrected chi connectivity index (χ1v) is 6.77. The first-order chi connectivity index (χ1) is 8.58. The number of pyridine rings is 1. The van der Waals surface area contributed by atoms with Crippen molar-refractivity contribution in [2.24, 2.45) is 0 Å². The third kappa shape index (κ3) is 3.40. The van der Waals surface area contributed by atoms with E-state index in [9.17, 15) is 0 Å². The molecule has 1 aromatic heterocycles. The fraction of sp³-hybridized carbons (Fsp3) is 0.267. The molecule has 0 aliphatic carbocycles. The SMILES string of the molecule is CC(C)(NCc1ccncc1)c1ccc(Br)cc1. The van der Waals surface area contributed by atoms with Crippen molar-refractivity contribution >= 4 is 15.9 Å². The average molecular weight is 305 g/mol. The zero-order chi connectivity index (χ0) is 13.0. The van der Waals surface area contributed by atoms with Gasteiger partial charge in [-0.15, -0.1) is 0 Å². The molecule has 1 N–H and O–H groups in total. The Morgan fingerprint density at radius 2 is 1.67 bits per heavy atom. The fourth-order valence-electron chi connectivity index (χ4n) is 1.79. The maximum atomic E-state index is 4.02. The number of hydrogen-bond donors (Lipinski definition) is 1. The van der Waals surface area contributed by atoms with Crippen molar-refractivity contribution < 1.29 is 0 Å². The van der Waals surface area contributed by atoms with E-state index in [1.165, 1.54) is 11.1 Å². The van der Waals surface area contributed by atoms with Gasteiger partial charge in [0.05, 0.1) is 0 Å². The van der Waals surface area contributed by atoms with Crippen LogP contribution in [0.5, 0.6) is 0 Å². The lowest BCUT2D eigenvalue weighted by Gasteiger charge is -2.27. The molecule has 0 unspecified atom stereocenters. The summed E-state index contributed by atoms with van der Waals surface area (Å²) in [7, 11) is 0. The number of nitrogens with zero attached hydrogens (tertiary/aromatic N) is 1. The second-order valence-electron chi connectivity index (χ2n) is 4.84. The van der Waals surface area contributed by atoms with Gasteiger partial charge >= 0.3 is 0 Å². The fourth-order valence-corrected chi connectivity index (χ4v) is 2.06.